The van der Waals surface area contributed by atoms with Crippen LogP contribution in [0.1, 0.15) is 12.6 Å². The van der Waals surface area contributed by atoms with Gasteiger partial charge in [0.2, 0.25) is 0 Å². The Kier molecular flexibility index (Phi) is 3.51. The standard InChI is InChI=1S/C12H17N3S/c1-9(7-13)16-8-11-10-5-3-4-6-12(10)15(2)14-11/h3-6,9H,7-8,13H2,1-2H3. The van der Waals surface area contributed by atoms with Gasteiger partial charge in [0, 0.05) is 30.0 Å². The summed E-state index contributed by atoms with van der Waals surface area (Å²) in [7, 11) is 1.99. The zero-order valence-electron chi connectivity index (χ0n) is 9.68. The highest BCUT2D eigenvalue weighted by Gasteiger charge is 2.09. The lowest BCUT2D eigenvalue weighted by Gasteiger charge is -2.05. The van der Waals surface area contributed by atoms with Gasteiger partial charge >= 0.3 is 0 Å². The van der Waals surface area contributed by atoms with Crippen molar-refractivity contribution in [2.45, 2.75) is 17.9 Å². The number of rotatable bonds is 4. The molecule has 3 nitrogen and oxygen atoms in total. The fourth-order valence-corrected chi connectivity index (χ4v) is 2.48. The topological polar surface area (TPSA) is 43.8 Å². The van der Waals surface area contributed by atoms with Crippen LogP contribution in [0.2, 0.25) is 0 Å². The SMILES string of the molecule is CC(CN)SCc1nn(C)c2ccccc12. The number of benzene rings is 1. The molecular weight excluding hydrogens is 218 g/mol. The monoisotopic (exact) mass is 235 g/mol. The number of fused-ring (bicyclic) bond motifs is 1. The summed E-state index contributed by atoms with van der Waals surface area (Å²) in [6.45, 7) is 2.87. The van der Waals surface area contributed by atoms with E-state index in [9.17, 15) is 0 Å². The summed E-state index contributed by atoms with van der Waals surface area (Å²) >= 11 is 1.86. The third-order valence-electron chi connectivity index (χ3n) is 2.67. The van der Waals surface area contributed by atoms with Gasteiger partial charge in [0.05, 0.1) is 11.2 Å². The van der Waals surface area contributed by atoms with Gasteiger partial charge in [-0.15, -0.1) is 0 Å². The number of nitrogens with two attached hydrogens (primary N) is 1. The highest BCUT2D eigenvalue weighted by Crippen LogP contribution is 2.23. The highest BCUT2D eigenvalue weighted by molar-refractivity contribution is 7.99. The maximum absolute atomic E-state index is 5.61. The van der Waals surface area contributed by atoms with Gasteiger partial charge in [-0.25, -0.2) is 0 Å². The maximum Gasteiger partial charge on any atom is 0.0802 e. The highest BCUT2D eigenvalue weighted by atomic mass is 32.2. The van der Waals surface area contributed by atoms with E-state index >= 15 is 0 Å². The van der Waals surface area contributed by atoms with Crippen molar-refractivity contribution >= 4 is 22.7 Å². The van der Waals surface area contributed by atoms with E-state index in [1.807, 2.05) is 29.6 Å². The van der Waals surface area contributed by atoms with Gasteiger partial charge in [-0.3, -0.25) is 4.68 Å². The molecule has 1 aromatic heterocycles. The van der Waals surface area contributed by atoms with Crippen molar-refractivity contribution in [2.75, 3.05) is 6.54 Å². The van der Waals surface area contributed by atoms with E-state index in [0.29, 0.717) is 5.25 Å². The Balaban J connectivity index is 2.24. The molecule has 86 valence electrons. The summed E-state index contributed by atoms with van der Waals surface area (Å²) in [6, 6.07) is 8.34. The molecule has 0 aliphatic rings. The van der Waals surface area contributed by atoms with Crippen LogP contribution in [0, 0.1) is 0 Å². The lowest BCUT2D eigenvalue weighted by Crippen LogP contribution is -2.12. The maximum atomic E-state index is 5.61. The van der Waals surface area contributed by atoms with Crippen molar-refractivity contribution in [1.82, 2.24) is 9.78 Å². The van der Waals surface area contributed by atoms with Crippen LogP contribution < -0.4 is 5.73 Å². The lowest BCUT2D eigenvalue weighted by atomic mass is 10.2. The molecule has 0 radical (unpaired) electrons. The Hall–Kier alpha value is -1.00. The molecule has 2 rings (SSSR count). The molecule has 0 saturated carbocycles. The van der Waals surface area contributed by atoms with Crippen molar-refractivity contribution in [3.05, 3.63) is 30.0 Å². The van der Waals surface area contributed by atoms with Gasteiger partial charge in [0.15, 0.2) is 0 Å². The van der Waals surface area contributed by atoms with Gasteiger partial charge in [-0.1, -0.05) is 25.1 Å². The Morgan fingerprint density at radius 2 is 2.19 bits per heavy atom. The second kappa shape index (κ2) is 4.89. The molecule has 1 aromatic carbocycles. The average Bonchev–Trinajstić information content (AvgIpc) is 2.64. The molecule has 1 heterocycles. The molecule has 2 N–H and O–H groups in total. The van der Waals surface area contributed by atoms with Crippen molar-refractivity contribution in [1.29, 1.82) is 0 Å². The third-order valence-corrected chi connectivity index (χ3v) is 3.87. The summed E-state index contributed by atoms with van der Waals surface area (Å²) in [5.74, 6) is 0.930. The van der Waals surface area contributed by atoms with Crippen LogP contribution in [-0.4, -0.2) is 21.6 Å². The molecule has 0 fully saturated rings. The molecule has 2 aromatic rings. The fourth-order valence-electron chi connectivity index (χ4n) is 1.68. The van der Waals surface area contributed by atoms with Crippen molar-refractivity contribution < 1.29 is 0 Å². The van der Waals surface area contributed by atoms with Crippen LogP contribution in [0.3, 0.4) is 0 Å². The molecule has 0 bridgehead atoms. The van der Waals surface area contributed by atoms with E-state index in [1.165, 1.54) is 10.9 Å². The number of para-hydroxylation sites is 1. The Morgan fingerprint density at radius 3 is 2.94 bits per heavy atom. The van der Waals surface area contributed by atoms with Crippen LogP contribution in [0.25, 0.3) is 10.9 Å². The quantitative estimate of drug-likeness (QED) is 0.883. The number of aromatic nitrogens is 2. The normalized spacial score (nSPS) is 13.2. The summed E-state index contributed by atoms with van der Waals surface area (Å²) in [4.78, 5) is 0. The van der Waals surface area contributed by atoms with Crippen molar-refractivity contribution in [3.63, 3.8) is 0 Å². The molecule has 1 atom stereocenters. The number of hydrogen-bond acceptors (Lipinski definition) is 3. The summed E-state index contributed by atoms with van der Waals surface area (Å²) in [6.07, 6.45) is 0. The van der Waals surface area contributed by atoms with E-state index in [1.54, 1.807) is 0 Å². The zero-order valence-corrected chi connectivity index (χ0v) is 10.5. The van der Waals surface area contributed by atoms with Crippen LogP contribution in [0.15, 0.2) is 24.3 Å². The minimum absolute atomic E-state index is 0.487. The number of nitrogens with zero attached hydrogens (tertiary/aromatic N) is 2. The average molecular weight is 235 g/mol. The van der Waals surface area contributed by atoms with E-state index in [0.717, 1.165) is 18.0 Å². The minimum Gasteiger partial charge on any atom is -0.329 e. The summed E-state index contributed by atoms with van der Waals surface area (Å²) in [5, 5.41) is 6.29. The Labute approximate surface area is 100 Å². The molecule has 0 aliphatic carbocycles. The predicted octanol–water partition coefficient (Wildman–Crippen LogP) is 2.15. The summed E-state index contributed by atoms with van der Waals surface area (Å²) in [5.41, 5.74) is 7.96. The number of thioether (sulfide) groups is 1. The molecular formula is C12H17N3S. The first-order valence-corrected chi connectivity index (χ1v) is 6.49. The number of hydrogen-bond donors (Lipinski definition) is 1. The second-order valence-electron chi connectivity index (χ2n) is 3.94. The van der Waals surface area contributed by atoms with Gasteiger partial charge in [-0.2, -0.15) is 16.9 Å². The van der Waals surface area contributed by atoms with Crippen molar-refractivity contribution in [2.24, 2.45) is 12.8 Å². The van der Waals surface area contributed by atoms with E-state index in [4.69, 9.17) is 5.73 Å². The first-order valence-electron chi connectivity index (χ1n) is 5.44. The molecule has 0 saturated heterocycles. The van der Waals surface area contributed by atoms with E-state index < -0.39 is 0 Å². The summed E-state index contributed by atoms with van der Waals surface area (Å²) < 4.78 is 1.94. The van der Waals surface area contributed by atoms with Gasteiger partial charge in [0.25, 0.3) is 0 Å². The molecule has 0 aliphatic heterocycles. The molecule has 16 heavy (non-hydrogen) atoms. The first-order chi connectivity index (χ1) is 7.72. The van der Waals surface area contributed by atoms with E-state index in [2.05, 4.69) is 30.2 Å². The van der Waals surface area contributed by atoms with Gasteiger partial charge in [-0.05, 0) is 6.07 Å². The van der Waals surface area contributed by atoms with Crippen LogP contribution >= 0.6 is 11.8 Å². The van der Waals surface area contributed by atoms with Gasteiger partial charge in [0.1, 0.15) is 0 Å². The predicted molar refractivity (Wildman–Crippen MR) is 70.5 cm³/mol. The molecule has 4 heteroatoms. The Morgan fingerprint density at radius 1 is 1.44 bits per heavy atom. The molecule has 0 amide bonds. The molecule has 1 unspecified atom stereocenters. The Bertz CT molecular complexity index is 478. The largest absolute Gasteiger partial charge is 0.329 e. The first kappa shape index (κ1) is 11.5. The fraction of sp³-hybridized carbons (Fsp3) is 0.417. The second-order valence-corrected chi connectivity index (χ2v) is 5.37. The van der Waals surface area contributed by atoms with Crippen LogP contribution in [0.4, 0.5) is 0 Å². The van der Waals surface area contributed by atoms with Gasteiger partial charge < -0.3 is 5.73 Å². The lowest BCUT2D eigenvalue weighted by molar-refractivity contribution is 0.780. The van der Waals surface area contributed by atoms with E-state index in [-0.39, 0.29) is 0 Å². The smallest absolute Gasteiger partial charge is 0.0802 e. The van der Waals surface area contributed by atoms with Crippen LogP contribution in [0.5, 0.6) is 0 Å². The zero-order chi connectivity index (χ0) is 11.5. The van der Waals surface area contributed by atoms with Crippen LogP contribution in [-0.2, 0) is 12.8 Å². The molecule has 0 spiro atoms. The third kappa shape index (κ3) is 2.23. The number of aryl methyl sites for hydroxylation is 1. The minimum atomic E-state index is 0.487. The van der Waals surface area contributed by atoms with Crippen molar-refractivity contribution in [3.8, 4) is 0 Å².